The highest BCUT2D eigenvalue weighted by Crippen LogP contribution is 2.32. The highest BCUT2D eigenvalue weighted by atomic mass is 32.2. The van der Waals surface area contributed by atoms with Gasteiger partial charge in [0.15, 0.2) is 6.61 Å². The second-order valence-electron chi connectivity index (χ2n) is 5.83. The van der Waals surface area contributed by atoms with Gasteiger partial charge in [-0.05, 0) is 42.5 Å². The molecule has 1 aliphatic heterocycles. The third kappa shape index (κ3) is 4.68. The zero-order valence-corrected chi connectivity index (χ0v) is 15.7. The lowest BCUT2D eigenvalue weighted by Crippen LogP contribution is -2.22. The maximum absolute atomic E-state index is 12.2. The first kappa shape index (κ1) is 19.4. The Kier molecular flexibility index (Phi) is 5.95. The molecule has 1 heterocycles. The summed E-state index contributed by atoms with van der Waals surface area (Å²) in [7, 11) is 1.53. The van der Waals surface area contributed by atoms with Crippen LogP contribution in [0.25, 0.3) is 0 Å². The molecule has 0 aliphatic carbocycles. The number of thioether (sulfide) groups is 1. The molecule has 9 heteroatoms. The molecule has 0 atom stereocenters. The second kappa shape index (κ2) is 8.57. The molecule has 0 saturated carbocycles. The minimum Gasteiger partial charge on any atom is -0.452 e. The fourth-order valence-electron chi connectivity index (χ4n) is 2.47. The lowest BCUT2D eigenvalue weighted by atomic mass is 10.2. The van der Waals surface area contributed by atoms with Gasteiger partial charge in [-0.25, -0.2) is 4.79 Å². The number of fused-ring (bicyclic) bond motifs is 1. The molecule has 0 radical (unpaired) electrons. The zero-order chi connectivity index (χ0) is 20.1. The van der Waals surface area contributed by atoms with E-state index in [1.165, 1.54) is 24.9 Å². The van der Waals surface area contributed by atoms with Crippen molar-refractivity contribution in [2.75, 3.05) is 30.0 Å². The average molecular weight is 399 g/mol. The van der Waals surface area contributed by atoms with Crippen molar-refractivity contribution in [2.45, 2.75) is 4.90 Å². The van der Waals surface area contributed by atoms with Crippen molar-refractivity contribution in [2.24, 2.45) is 0 Å². The molecule has 3 amide bonds. The Morgan fingerprint density at radius 2 is 1.82 bits per heavy atom. The molecule has 144 valence electrons. The summed E-state index contributed by atoms with van der Waals surface area (Å²) in [6.07, 6.45) is 0. The van der Waals surface area contributed by atoms with Crippen LogP contribution >= 0.6 is 11.8 Å². The standard InChI is InChI=1S/C19H17N3O5S/c1-20-18(25)11-2-5-13(6-3-11)21-16(23)9-27-19(26)12-4-7-15-14(8-12)22-17(24)10-28-15/h2-8H,9-10H2,1H3,(H,20,25)(H,21,23)(H,22,24). The van der Waals surface area contributed by atoms with E-state index in [2.05, 4.69) is 16.0 Å². The van der Waals surface area contributed by atoms with Crippen LogP contribution in [-0.4, -0.2) is 43.1 Å². The van der Waals surface area contributed by atoms with E-state index in [0.29, 0.717) is 22.7 Å². The van der Waals surface area contributed by atoms with E-state index in [0.717, 1.165) is 4.90 Å². The van der Waals surface area contributed by atoms with Crippen LogP contribution in [-0.2, 0) is 14.3 Å². The second-order valence-corrected chi connectivity index (χ2v) is 6.85. The van der Waals surface area contributed by atoms with Gasteiger partial charge in [-0.2, -0.15) is 0 Å². The van der Waals surface area contributed by atoms with Crippen molar-refractivity contribution in [3.8, 4) is 0 Å². The van der Waals surface area contributed by atoms with Gasteiger partial charge in [-0.15, -0.1) is 11.8 Å². The Morgan fingerprint density at radius 1 is 1.11 bits per heavy atom. The van der Waals surface area contributed by atoms with Crippen molar-refractivity contribution in [3.05, 3.63) is 53.6 Å². The summed E-state index contributed by atoms with van der Waals surface area (Å²) < 4.78 is 5.02. The van der Waals surface area contributed by atoms with Crippen molar-refractivity contribution in [1.29, 1.82) is 0 Å². The van der Waals surface area contributed by atoms with E-state index >= 15 is 0 Å². The van der Waals surface area contributed by atoms with Crippen LogP contribution in [0.1, 0.15) is 20.7 Å². The molecule has 2 aromatic rings. The predicted octanol–water partition coefficient (Wildman–Crippen LogP) is 1.89. The highest BCUT2D eigenvalue weighted by Gasteiger charge is 2.18. The lowest BCUT2D eigenvalue weighted by Gasteiger charge is -2.16. The normalized spacial score (nSPS) is 12.4. The molecule has 0 aromatic heterocycles. The predicted molar refractivity (Wildman–Crippen MR) is 105 cm³/mol. The van der Waals surface area contributed by atoms with Crippen LogP contribution in [0.2, 0.25) is 0 Å². The number of rotatable bonds is 5. The molecular formula is C19H17N3O5S. The molecule has 0 saturated heterocycles. The van der Waals surface area contributed by atoms with E-state index in [1.54, 1.807) is 36.4 Å². The monoisotopic (exact) mass is 399 g/mol. The van der Waals surface area contributed by atoms with Gasteiger partial charge in [0.05, 0.1) is 17.0 Å². The van der Waals surface area contributed by atoms with Gasteiger partial charge in [0.2, 0.25) is 5.91 Å². The number of anilines is 2. The van der Waals surface area contributed by atoms with Gasteiger partial charge in [0.25, 0.3) is 11.8 Å². The first-order valence-electron chi connectivity index (χ1n) is 8.32. The van der Waals surface area contributed by atoms with Crippen molar-refractivity contribution in [1.82, 2.24) is 5.32 Å². The van der Waals surface area contributed by atoms with E-state index < -0.39 is 18.5 Å². The minimum absolute atomic E-state index is 0.134. The van der Waals surface area contributed by atoms with Crippen LogP contribution in [0.3, 0.4) is 0 Å². The minimum atomic E-state index is -0.669. The summed E-state index contributed by atoms with van der Waals surface area (Å²) in [5, 5.41) is 7.78. The van der Waals surface area contributed by atoms with Gasteiger partial charge in [0, 0.05) is 23.2 Å². The van der Waals surface area contributed by atoms with Gasteiger partial charge in [-0.1, -0.05) is 0 Å². The van der Waals surface area contributed by atoms with Crippen LogP contribution in [0, 0.1) is 0 Å². The molecule has 0 spiro atoms. The Morgan fingerprint density at radius 3 is 2.54 bits per heavy atom. The highest BCUT2D eigenvalue weighted by molar-refractivity contribution is 8.00. The smallest absolute Gasteiger partial charge is 0.338 e. The summed E-state index contributed by atoms with van der Waals surface area (Å²) in [6.45, 7) is -0.464. The average Bonchev–Trinajstić information content (AvgIpc) is 2.71. The summed E-state index contributed by atoms with van der Waals surface area (Å²) in [5.41, 5.74) is 1.73. The molecule has 2 aromatic carbocycles. The Balaban J connectivity index is 1.54. The maximum Gasteiger partial charge on any atom is 0.338 e. The first-order chi connectivity index (χ1) is 13.5. The quantitative estimate of drug-likeness (QED) is 0.662. The summed E-state index contributed by atoms with van der Waals surface area (Å²) in [5.74, 6) is -1.21. The number of hydrogen-bond donors (Lipinski definition) is 3. The van der Waals surface area contributed by atoms with E-state index in [9.17, 15) is 19.2 Å². The Bertz CT molecular complexity index is 943. The van der Waals surface area contributed by atoms with Crippen molar-refractivity contribution in [3.63, 3.8) is 0 Å². The van der Waals surface area contributed by atoms with Crippen molar-refractivity contribution < 1.29 is 23.9 Å². The van der Waals surface area contributed by atoms with Crippen LogP contribution in [0.4, 0.5) is 11.4 Å². The fraction of sp³-hybridized carbons (Fsp3) is 0.158. The number of benzene rings is 2. The van der Waals surface area contributed by atoms with Crippen LogP contribution in [0.5, 0.6) is 0 Å². The van der Waals surface area contributed by atoms with Crippen molar-refractivity contribution >= 4 is 46.8 Å². The number of nitrogens with one attached hydrogen (secondary N) is 3. The van der Waals surface area contributed by atoms with E-state index in [4.69, 9.17) is 4.74 Å². The first-order valence-corrected chi connectivity index (χ1v) is 9.30. The molecule has 0 unspecified atom stereocenters. The zero-order valence-electron chi connectivity index (χ0n) is 14.9. The number of hydrogen-bond acceptors (Lipinski definition) is 6. The molecule has 8 nitrogen and oxygen atoms in total. The molecule has 0 bridgehead atoms. The number of carbonyl (C=O) groups excluding carboxylic acids is 4. The number of esters is 1. The molecular weight excluding hydrogens is 382 g/mol. The summed E-state index contributed by atoms with van der Waals surface area (Å²) in [6, 6.07) is 11.1. The fourth-order valence-corrected chi connectivity index (χ4v) is 3.26. The summed E-state index contributed by atoms with van der Waals surface area (Å²) >= 11 is 1.39. The summed E-state index contributed by atoms with van der Waals surface area (Å²) in [4.78, 5) is 47.9. The number of amides is 3. The van der Waals surface area contributed by atoms with Gasteiger partial charge in [0.1, 0.15) is 0 Å². The lowest BCUT2D eigenvalue weighted by molar-refractivity contribution is -0.119. The van der Waals surface area contributed by atoms with Crippen LogP contribution < -0.4 is 16.0 Å². The Labute approximate surface area is 165 Å². The molecule has 1 aliphatic rings. The van der Waals surface area contributed by atoms with E-state index in [1.807, 2.05) is 0 Å². The molecule has 0 fully saturated rings. The molecule has 28 heavy (non-hydrogen) atoms. The Hall–Kier alpha value is -3.33. The van der Waals surface area contributed by atoms with Gasteiger partial charge >= 0.3 is 5.97 Å². The maximum atomic E-state index is 12.2. The number of ether oxygens (including phenoxy) is 1. The topological polar surface area (TPSA) is 114 Å². The van der Waals surface area contributed by atoms with E-state index in [-0.39, 0.29) is 17.4 Å². The molecule has 3 N–H and O–H groups in total. The third-order valence-corrected chi connectivity index (χ3v) is 4.91. The van der Waals surface area contributed by atoms with Crippen LogP contribution in [0.15, 0.2) is 47.4 Å². The largest absolute Gasteiger partial charge is 0.452 e. The van der Waals surface area contributed by atoms with Gasteiger partial charge in [-0.3, -0.25) is 14.4 Å². The van der Waals surface area contributed by atoms with Gasteiger partial charge < -0.3 is 20.7 Å². The number of carbonyl (C=O) groups is 4. The SMILES string of the molecule is CNC(=O)c1ccc(NC(=O)COC(=O)c2ccc3c(c2)NC(=O)CS3)cc1. The third-order valence-electron chi connectivity index (χ3n) is 3.84. The molecule has 3 rings (SSSR count).